The molecule has 0 radical (unpaired) electrons. The van der Waals surface area contributed by atoms with Gasteiger partial charge in [-0.25, -0.2) is 0 Å². The molecule has 2 aromatic rings. The van der Waals surface area contributed by atoms with Crippen molar-refractivity contribution in [3.8, 4) is 0 Å². The third kappa shape index (κ3) is 2.26. The maximum Gasteiger partial charge on any atom is 0.243 e. The molecule has 1 N–H and O–H groups in total. The molecule has 1 aliphatic heterocycles. The topological polar surface area (TPSA) is 37.3 Å². The van der Waals surface area contributed by atoms with E-state index in [1.54, 1.807) is 16.0 Å². The van der Waals surface area contributed by atoms with Crippen LogP contribution in [0.3, 0.4) is 0 Å². The van der Waals surface area contributed by atoms with E-state index in [0.29, 0.717) is 6.54 Å². The third-order valence-electron chi connectivity index (χ3n) is 3.18. The Morgan fingerprint density at radius 2 is 2.22 bits per heavy atom. The third-order valence-corrected chi connectivity index (χ3v) is 4.20. The molecule has 2 aromatic heterocycles. The van der Waals surface area contributed by atoms with Crippen LogP contribution in [0.4, 0.5) is 0 Å². The summed E-state index contributed by atoms with van der Waals surface area (Å²) in [6, 6.07) is 5.98. The number of carbonyl (C=O) groups excluding carboxylic acids is 1. The zero-order valence-corrected chi connectivity index (χ0v) is 10.8. The van der Waals surface area contributed by atoms with Crippen molar-refractivity contribution in [1.82, 2.24) is 9.58 Å². The first kappa shape index (κ1) is 11.3. The van der Waals surface area contributed by atoms with Gasteiger partial charge < -0.3 is 10.3 Å². The zero-order chi connectivity index (χ0) is 12.4. The standard InChI is InChI=1S/C13H15N3OS/c17-13(9-14-16-5-1-2-6-16)15-7-3-12-11(10-15)4-8-18-12/h1-2,4-6,8,14H,3,7,9-10H2. The van der Waals surface area contributed by atoms with Gasteiger partial charge in [0.1, 0.15) is 6.54 Å². The molecule has 1 aliphatic rings. The quantitative estimate of drug-likeness (QED) is 0.912. The lowest BCUT2D eigenvalue weighted by Gasteiger charge is -2.27. The number of carbonyl (C=O) groups is 1. The molecule has 0 spiro atoms. The molecule has 0 aliphatic carbocycles. The van der Waals surface area contributed by atoms with E-state index in [2.05, 4.69) is 16.9 Å². The Hall–Kier alpha value is -1.75. The van der Waals surface area contributed by atoms with Crippen molar-refractivity contribution in [2.24, 2.45) is 0 Å². The number of hydrogen-bond acceptors (Lipinski definition) is 3. The first-order valence-electron chi connectivity index (χ1n) is 6.03. The van der Waals surface area contributed by atoms with Crippen molar-refractivity contribution < 1.29 is 4.79 Å². The fraction of sp³-hybridized carbons (Fsp3) is 0.308. The monoisotopic (exact) mass is 261 g/mol. The molecule has 0 saturated carbocycles. The van der Waals surface area contributed by atoms with Gasteiger partial charge >= 0.3 is 0 Å². The van der Waals surface area contributed by atoms with Crippen LogP contribution in [0, 0.1) is 0 Å². The number of nitrogens with zero attached hydrogens (tertiary/aromatic N) is 2. The highest BCUT2D eigenvalue weighted by Gasteiger charge is 2.20. The van der Waals surface area contributed by atoms with Gasteiger partial charge in [0.25, 0.3) is 0 Å². The van der Waals surface area contributed by atoms with E-state index < -0.39 is 0 Å². The first-order chi connectivity index (χ1) is 8.83. The molecule has 0 unspecified atom stereocenters. The SMILES string of the molecule is O=C(CNn1cccc1)N1CCc2sccc2C1. The normalized spacial score (nSPS) is 14.3. The Morgan fingerprint density at radius 3 is 3.06 bits per heavy atom. The molecule has 3 heterocycles. The highest BCUT2D eigenvalue weighted by Crippen LogP contribution is 2.23. The number of nitrogens with one attached hydrogen (secondary N) is 1. The maximum atomic E-state index is 12.1. The van der Waals surface area contributed by atoms with Crippen LogP contribution in [0.2, 0.25) is 0 Å². The van der Waals surface area contributed by atoms with Gasteiger partial charge in [0.2, 0.25) is 5.91 Å². The van der Waals surface area contributed by atoms with E-state index in [4.69, 9.17) is 0 Å². The number of hydrogen-bond donors (Lipinski definition) is 1. The predicted molar refractivity (Wildman–Crippen MR) is 72.1 cm³/mol. The number of rotatable bonds is 3. The van der Waals surface area contributed by atoms with Crippen molar-refractivity contribution in [3.05, 3.63) is 46.4 Å². The molecule has 0 aromatic carbocycles. The van der Waals surface area contributed by atoms with E-state index in [1.807, 2.05) is 29.4 Å². The molecule has 18 heavy (non-hydrogen) atoms. The summed E-state index contributed by atoms with van der Waals surface area (Å²) < 4.78 is 1.80. The zero-order valence-electron chi connectivity index (χ0n) is 10.0. The van der Waals surface area contributed by atoms with Gasteiger partial charge in [0, 0.05) is 30.4 Å². The van der Waals surface area contributed by atoms with Gasteiger partial charge in [0.05, 0.1) is 0 Å². The Morgan fingerprint density at radius 1 is 1.39 bits per heavy atom. The van der Waals surface area contributed by atoms with Gasteiger partial charge in [-0.1, -0.05) is 0 Å². The summed E-state index contributed by atoms with van der Waals surface area (Å²) in [5.41, 5.74) is 4.37. The highest BCUT2D eigenvalue weighted by atomic mass is 32.1. The Labute approximate surface area is 110 Å². The molecule has 0 fully saturated rings. The molecule has 0 saturated heterocycles. The van der Waals surface area contributed by atoms with Crippen LogP contribution in [0.1, 0.15) is 10.4 Å². The number of fused-ring (bicyclic) bond motifs is 1. The average molecular weight is 261 g/mol. The van der Waals surface area contributed by atoms with Crippen LogP contribution in [0.5, 0.6) is 0 Å². The van der Waals surface area contributed by atoms with Crippen LogP contribution in [0.25, 0.3) is 0 Å². The Balaban J connectivity index is 1.57. The van der Waals surface area contributed by atoms with Crippen LogP contribution in [0.15, 0.2) is 36.0 Å². The van der Waals surface area contributed by atoms with Crippen LogP contribution in [-0.2, 0) is 17.8 Å². The maximum absolute atomic E-state index is 12.1. The van der Waals surface area contributed by atoms with E-state index in [9.17, 15) is 4.79 Å². The smallest absolute Gasteiger partial charge is 0.243 e. The summed E-state index contributed by atoms with van der Waals surface area (Å²) in [7, 11) is 0. The van der Waals surface area contributed by atoms with Gasteiger partial charge in [0.15, 0.2) is 0 Å². The molecule has 0 atom stereocenters. The minimum absolute atomic E-state index is 0.153. The van der Waals surface area contributed by atoms with Gasteiger partial charge in [-0.3, -0.25) is 9.47 Å². The average Bonchev–Trinajstić information content (AvgIpc) is 3.05. The molecular weight excluding hydrogens is 246 g/mol. The van der Waals surface area contributed by atoms with Gasteiger partial charge in [-0.15, -0.1) is 11.3 Å². The van der Waals surface area contributed by atoms with Gasteiger partial charge in [-0.2, -0.15) is 0 Å². The number of amides is 1. The lowest BCUT2D eigenvalue weighted by molar-refractivity contribution is -0.130. The van der Waals surface area contributed by atoms with E-state index in [0.717, 1.165) is 19.5 Å². The summed E-state index contributed by atoms with van der Waals surface area (Å²) in [6.45, 7) is 1.93. The minimum Gasteiger partial charge on any atom is -0.336 e. The lowest BCUT2D eigenvalue weighted by Crippen LogP contribution is -2.40. The van der Waals surface area contributed by atoms with Crippen molar-refractivity contribution >= 4 is 17.2 Å². The molecule has 3 rings (SSSR count). The van der Waals surface area contributed by atoms with E-state index >= 15 is 0 Å². The fourth-order valence-electron chi connectivity index (χ4n) is 2.17. The number of thiophene rings is 1. The lowest BCUT2D eigenvalue weighted by atomic mass is 10.1. The van der Waals surface area contributed by atoms with Crippen LogP contribution >= 0.6 is 11.3 Å². The van der Waals surface area contributed by atoms with Crippen LogP contribution < -0.4 is 5.43 Å². The summed E-state index contributed by atoms with van der Waals surface area (Å²) in [5, 5.41) is 2.11. The molecule has 1 amide bonds. The minimum atomic E-state index is 0.153. The molecule has 94 valence electrons. The first-order valence-corrected chi connectivity index (χ1v) is 6.91. The summed E-state index contributed by atoms with van der Waals surface area (Å²) >= 11 is 1.79. The van der Waals surface area contributed by atoms with E-state index in [1.165, 1.54) is 10.4 Å². The van der Waals surface area contributed by atoms with Crippen molar-refractivity contribution in [1.29, 1.82) is 0 Å². The number of aromatic nitrogens is 1. The second-order valence-corrected chi connectivity index (χ2v) is 5.36. The van der Waals surface area contributed by atoms with Crippen LogP contribution in [-0.4, -0.2) is 28.6 Å². The molecular formula is C13H15N3OS. The van der Waals surface area contributed by atoms with Crippen molar-refractivity contribution in [2.75, 3.05) is 18.5 Å². The van der Waals surface area contributed by atoms with E-state index in [-0.39, 0.29) is 5.91 Å². The van der Waals surface area contributed by atoms with Crippen molar-refractivity contribution in [2.45, 2.75) is 13.0 Å². The largest absolute Gasteiger partial charge is 0.336 e. The fourth-order valence-corrected chi connectivity index (χ4v) is 3.06. The molecule has 0 bridgehead atoms. The van der Waals surface area contributed by atoms with Crippen molar-refractivity contribution in [3.63, 3.8) is 0 Å². The second-order valence-electron chi connectivity index (χ2n) is 4.36. The highest BCUT2D eigenvalue weighted by molar-refractivity contribution is 7.10. The van der Waals surface area contributed by atoms with Gasteiger partial charge in [-0.05, 0) is 35.6 Å². The second kappa shape index (κ2) is 4.86. The Kier molecular flexibility index (Phi) is 3.06. The summed E-state index contributed by atoms with van der Waals surface area (Å²) in [5.74, 6) is 0.153. The summed E-state index contributed by atoms with van der Waals surface area (Å²) in [6.07, 6.45) is 4.77. The predicted octanol–water partition coefficient (Wildman–Crippen LogP) is 1.68. The molecule has 4 nitrogen and oxygen atoms in total. The molecule has 5 heteroatoms. The summed E-state index contributed by atoms with van der Waals surface area (Å²) in [4.78, 5) is 15.4. The Bertz CT molecular complexity index is 532.